The van der Waals surface area contributed by atoms with Crippen LogP contribution in [-0.4, -0.2) is 0 Å². The summed E-state index contributed by atoms with van der Waals surface area (Å²) in [7, 11) is 0. The maximum Gasteiger partial charge on any atom is 0.187 e. The fourth-order valence-electron chi connectivity index (χ4n) is 10.6. The van der Waals surface area contributed by atoms with Crippen LogP contribution in [0.15, 0.2) is 218 Å². The number of nitriles is 2. The lowest BCUT2D eigenvalue weighted by Gasteiger charge is -2.30. The van der Waals surface area contributed by atoms with Gasteiger partial charge in [-0.1, -0.05) is 121 Å². The van der Waals surface area contributed by atoms with Crippen molar-refractivity contribution in [2.45, 2.75) is 13.8 Å². The molecule has 78 heavy (non-hydrogen) atoms. The summed E-state index contributed by atoms with van der Waals surface area (Å²) in [5.74, 6) is -0.831. The maximum absolute atomic E-state index is 16.9. The van der Waals surface area contributed by atoms with Gasteiger partial charge in [0.15, 0.2) is 11.4 Å². The fraction of sp³-hybridized carbons (Fsp3) is 0.0286. The van der Waals surface area contributed by atoms with Crippen LogP contribution in [0.3, 0.4) is 0 Å². The highest BCUT2D eigenvalue weighted by Gasteiger charge is 2.26. The number of anilines is 6. The van der Waals surface area contributed by atoms with E-state index in [9.17, 15) is 10.5 Å². The van der Waals surface area contributed by atoms with Crippen LogP contribution in [0.1, 0.15) is 22.3 Å². The van der Waals surface area contributed by atoms with E-state index < -0.39 is 11.6 Å². The van der Waals surface area contributed by atoms with Crippen molar-refractivity contribution in [2.24, 2.45) is 0 Å². The predicted octanol–water partition coefficient (Wildman–Crippen LogP) is 19.9. The molecule has 0 atom stereocenters. The first-order valence-corrected chi connectivity index (χ1v) is 25.2. The Morgan fingerprint density at radius 2 is 0.692 bits per heavy atom. The van der Waals surface area contributed by atoms with Crippen molar-refractivity contribution in [1.82, 2.24) is 0 Å². The molecule has 12 aromatic carbocycles. The number of rotatable bonds is 10. The summed E-state index contributed by atoms with van der Waals surface area (Å²) in [6.07, 6.45) is 0. The van der Waals surface area contributed by atoms with Crippen molar-refractivity contribution in [3.63, 3.8) is 0 Å². The summed E-state index contributed by atoms with van der Waals surface area (Å²) in [5.41, 5.74) is 14.2. The van der Waals surface area contributed by atoms with E-state index in [1.807, 2.05) is 121 Å². The Morgan fingerprint density at radius 1 is 0.359 bits per heavy atom. The zero-order valence-electron chi connectivity index (χ0n) is 42.2. The number of aryl methyl sites for hydroxylation is 2. The lowest BCUT2D eigenvalue weighted by molar-refractivity contribution is 0.628. The summed E-state index contributed by atoms with van der Waals surface area (Å²) >= 11 is 0. The molecule has 8 heteroatoms. The molecule has 0 spiro atoms. The van der Waals surface area contributed by atoms with Gasteiger partial charge in [-0.2, -0.15) is 10.5 Å². The van der Waals surface area contributed by atoms with Gasteiger partial charge in [-0.3, -0.25) is 0 Å². The van der Waals surface area contributed by atoms with Crippen LogP contribution in [0, 0.1) is 61.3 Å². The van der Waals surface area contributed by atoms with E-state index in [0.717, 1.165) is 99.3 Å². The first kappa shape index (κ1) is 48.1. The van der Waals surface area contributed by atoms with Crippen molar-refractivity contribution in [3.05, 3.63) is 275 Å². The molecule has 0 fully saturated rings. The maximum atomic E-state index is 16.9. The molecule has 0 heterocycles. The minimum atomic E-state index is -0.416. The van der Waals surface area contributed by atoms with Gasteiger partial charge in [0.1, 0.15) is 11.6 Å². The predicted molar refractivity (Wildman–Crippen MR) is 313 cm³/mol. The van der Waals surface area contributed by atoms with E-state index >= 15 is 8.78 Å². The first-order chi connectivity index (χ1) is 38.1. The molecule has 0 bridgehead atoms. The molecule has 0 aromatic heterocycles. The van der Waals surface area contributed by atoms with Crippen molar-refractivity contribution < 1.29 is 8.78 Å². The number of halogens is 2. The van der Waals surface area contributed by atoms with E-state index in [1.54, 1.807) is 60.7 Å². The highest BCUT2D eigenvalue weighted by molar-refractivity contribution is 6.28. The third-order valence-electron chi connectivity index (χ3n) is 14.5. The minimum absolute atomic E-state index is 0.347. The first-order valence-electron chi connectivity index (χ1n) is 25.2. The molecule has 0 unspecified atom stereocenters. The average molecular weight is 1010 g/mol. The molecule has 366 valence electrons. The largest absolute Gasteiger partial charge is 0.307 e. The van der Waals surface area contributed by atoms with Gasteiger partial charge in [0, 0.05) is 22.1 Å². The fourth-order valence-corrected chi connectivity index (χ4v) is 10.6. The van der Waals surface area contributed by atoms with Gasteiger partial charge < -0.3 is 9.80 Å². The second kappa shape index (κ2) is 19.7. The monoisotopic (exact) mass is 1000 g/mol. The smallest absolute Gasteiger partial charge is 0.187 e. The quantitative estimate of drug-likeness (QED) is 0.101. The SMILES string of the molecule is [C-]#[N+]c1ccc(-c2cc(-c3ccc(C#N)cc3)cc(N(c3cc(C)ccc3F)c3ccc4ccc5c(N(c6cc(-c7ccc(C#N)cc7)cc(-c7ccc([N+]#[C-])cc7)c6)c6cc(C)ccc6F)ccc6ccc3c4c65)c2)cc1. The van der Waals surface area contributed by atoms with Crippen molar-refractivity contribution in [1.29, 1.82) is 10.5 Å². The molecule has 0 N–H and O–H groups in total. The Kier molecular flexibility index (Phi) is 12.2. The number of hydrogen-bond acceptors (Lipinski definition) is 4. The molecular weight excluding hydrogens is 963 g/mol. The van der Waals surface area contributed by atoms with E-state index in [-0.39, 0.29) is 0 Å². The van der Waals surface area contributed by atoms with Crippen molar-refractivity contribution in [3.8, 4) is 56.6 Å². The zero-order valence-corrected chi connectivity index (χ0v) is 42.2. The van der Waals surface area contributed by atoms with Crippen LogP contribution in [0.25, 0.3) is 86.5 Å². The molecule has 0 aliphatic rings. The van der Waals surface area contributed by atoms with Gasteiger partial charge in [-0.05, 0) is 188 Å². The molecular formula is C70H42F2N6. The zero-order chi connectivity index (χ0) is 53.6. The van der Waals surface area contributed by atoms with E-state index in [4.69, 9.17) is 13.1 Å². The van der Waals surface area contributed by atoms with Crippen LogP contribution in [0.4, 0.5) is 54.3 Å². The molecule has 0 aliphatic heterocycles. The van der Waals surface area contributed by atoms with Gasteiger partial charge >= 0.3 is 0 Å². The molecule has 0 radical (unpaired) electrons. The lowest BCUT2D eigenvalue weighted by atomic mass is 9.91. The van der Waals surface area contributed by atoms with Crippen LogP contribution in [-0.2, 0) is 0 Å². The standard InChI is InChI=1S/C70H42F2N6/c1-43-5-29-63(71)67(33-43)77(59-37-53(47-11-7-45(41-73)8-12-47)35-55(39-59)49-15-23-57(75-3)24-16-49)65-31-21-51-20-28-62-66(32-22-52-19-27-61(65)69(51)70(52)62)78(68-34-44(2)6-30-64(68)72)60-38-54(48-13-9-46(42-74)10-14-48)36-56(40-60)50-17-25-58(76-4)26-18-50/h5-40H,1-2H3. The average Bonchev–Trinajstić information content (AvgIpc) is 3.66. The summed E-state index contributed by atoms with van der Waals surface area (Å²) in [6, 6.07) is 73.3. The molecule has 0 saturated heterocycles. The molecule has 0 saturated carbocycles. The Labute approximate surface area is 450 Å². The number of hydrogen-bond donors (Lipinski definition) is 0. The summed E-state index contributed by atoms with van der Waals surface area (Å²) < 4.78 is 33.8. The van der Waals surface area contributed by atoms with Crippen molar-refractivity contribution in [2.75, 3.05) is 9.80 Å². The Hall–Kier alpha value is -10.9. The van der Waals surface area contributed by atoms with Gasteiger partial charge in [0.2, 0.25) is 0 Å². The second-order valence-electron chi connectivity index (χ2n) is 19.4. The highest BCUT2D eigenvalue weighted by atomic mass is 19.1. The Bertz CT molecular complexity index is 4080. The number of nitrogens with zero attached hydrogens (tertiary/aromatic N) is 6. The van der Waals surface area contributed by atoms with E-state index in [2.05, 4.69) is 70.4 Å². The van der Waals surface area contributed by atoms with Crippen LogP contribution in [0.2, 0.25) is 0 Å². The molecule has 0 amide bonds. The molecule has 12 aromatic rings. The summed E-state index contributed by atoms with van der Waals surface area (Å²) in [4.78, 5) is 11.2. The van der Waals surface area contributed by atoms with Crippen LogP contribution < -0.4 is 9.80 Å². The van der Waals surface area contributed by atoms with E-state index in [0.29, 0.717) is 45.3 Å². The van der Waals surface area contributed by atoms with Gasteiger partial charge in [0.05, 0.1) is 59.2 Å². The summed E-state index contributed by atoms with van der Waals surface area (Å²) in [5, 5.41) is 24.9. The van der Waals surface area contributed by atoms with Crippen LogP contribution >= 0.6 is 0 Å². The lowest BCUT2D eigenvalue weighted by Crippen LogP contribution is -2.14. The van der Waals surface area contributed by atoms with Crippen LogP contribution in [0.5, 0.6) is 0 Å². The van der Waals surface area contributed by atoms with Gasteiger partial charge in [-0.25, -0.2) is 18.5 Å². The molecule has 6 nitrogen and oxygen atoms in total. The Balaban J connectivity index is 1.11. The third kappa shape index (κ3) is 8.72. The van der Waals surface area contributed by atoms with Crippen molar-refractivity contribution >= 4 is 77.8 Å². The van der Waals surface area contributed by atoms with Gasteiger partial charge in [0.25, 0.3) is 0 Å². The topological polar surface area (TPSA) is 62.8 Å². The summed E-state index contributed by atoms with van der Waals surface area (Å²) in [6.45, 7) is 19.1. The van der Waals surface area contributed by atoms with E-state index in [1.165, 1.54) is 12.1 Å². The van der Waals surface area contributed by atoms with Gasteiger partial charge in [-0.15, -0.1) is 0 Å². The molecule has 12 rings (SSSR count). The Morgan fingerprint density at radius 3 is 1.03 bits per heavy atom. The minimum Gasteiger partial charge on any atom is -0.307 e. The highest BCUT2D eigenvalue weighted by Crippen LogP contribution is 2.50. The molecule has 0 aliphatic carbocycles. The number of benzene rings is 12. The normalized spacial score (nSPS) is 11.0. The third-order valence-corrected chi connectivity index (χ3v) is 14.5. The second-order valence-corrected chi connectivity index (χ2v) is 19.4.